The van der Waals surface area contributed by atoms with Gasteiger partial charge in [0.05, 0.1) is 13.0 Å². The lowest BCUT2D eigenvalue weighted by Crippen LogP contribution is -2.40. The van der Waals surface area contributed by atoms with Crippen LogP contribution in [-0.2, 0) is 9.53 Å². The summed E-state index contributed by atoms with van der Waals surface area (Å²) in [6.07, 6.45) is 0. The van der Waals surface area contributed by atoms with Crippen LogP contribution in [0, 0.1) is 10.1 Å². The van der Waals surface area contributed by atoms with E-state index >= 15 is 0 Å². The Hall–Kier alpha value is -1.66. The van der Waals surface area contributed by atoms with Crippen molar-refractivity contribution in [2.24, 2.45) is 5.73 Å². The van der Waals surface area contributed by atoms with Gasteiger partial charge in [0.1, 0.15) is 6.04 Å². The molecule has 0 aliphatic carbocycles. The summed E-state index contributed by atoms with van der Waals surface area (Å²) in [5.74, 6) is -1.53. The van der Waals surface area contributed by atoms with Crippen LogP contribution in [0.25, 0.3) is 0 Å². The molecule has 0 amide bonds. The summed E-state index contributed by atoms with van der Waals surface area (Å²) in [7, 11) is 1.18. The number of nitrogens with zero attached hydrogens (tertiary/aromatic N) is 1. The molecule has 0 bridgehead atoms. The zero-order valence-corrected chi connectivity index (χ0v) is 10.5. The maximum atomic E-state index is 11.4. The molecule has 2 atom stereocenters. The van der Waals surface area contributed by atoms with Crippen LogP contribution in [0.15, 0.2) is 24.3 Å². The van der Waals surface area contributed by atoms with Crippen molar-refractivity contribution >= 4 is 17.6 Å². The highest BCUT2D eigenvalue weighted by molar-refractivity contribution is 6.31. The Morgan fingerprint density at radius 2 is 2.17 bits per heavy atom. The van der Waals surface area contributed by atoms with Crippen molar-refractivity contribution in [1.82, 2.24) is 0 Å². The molecule has 0 fully saturated rings. The average Bonchev–Trinajstić information content (AvgIpc) is 2.35. The lowest BCUT2D eigenvalue weighted by atomic mass is 9.92. The van der Waals surface area contributed by atoms with E-state index in [-0.39, 0.29) is 0 Å². The van der Waals surface area contributed by atoms with Gasteiger partial charge < -0.3 is 10.5 Å². The molecule has 0 heterocycles. The molecule has 0 aromatic heterocycles. The minimum absolute atomic E-state index is 0.337. The van der Waals surface area contributed by atoms with Crippen molar-refractivity contribution in [3.63, 3.8) is 0 Å². The van der Waals surface area contributed by atoms with Crippen molar-refractivity contribution in [2.75, 3.05) is 13.7 Å². The number of methoxy groups -OCH3 is 1. The highest BCUT2D eigenvalue weighted by atomic mass is 35.5. The van der Waals surface area contributed by atoms with Gasteiger partial charge in [-0.05, 0) is 11.6 Å². The number of carbonyl (C=O) groups excluding carboxylic acids is 1. The third-order valence-corrected chi connectivity index (χ3v) is 2.90. The van der Waals surface area contributed by atoms with Crippen LogP contribution >= 0.6 is 11.6 Å². The van der Waals surface area contributed by atoms with Gasteiger partial charge in [-0.3, -0.25) is 14.9 Å². The van der Waals surface area contributed by atoms with Gasteiger partial charge in [-0.25, -0.2) is 0 Å². The van der Waals surface area contributed by atoms with Gasteiger partial charge >= 0.3 is 5.97 Å². The second kappa shape index (κ2) is 6.32. The van der Waals surface area contributed by atoms with E-state index in [0.29, 0.717) is 10.6 Å². The van der Waals surface area contributed by atoms with E-state index in [9.17, 15) is 14.9 Å². The molecule has 0 saturated heterocycles. The van der Waals surface area contributed by atoms with Crippen LogP contribution < -0.4 is 5.73 Å². The second-order valence-electron chi connectivity index (χ2n) is 3.69. The van der Waals surface area contributed by atoms with Crippen LogP contribution in [0.4, 0.5) is 0 Å². The summed E-state index contributed by atoms with van der Waals surface area (Å²) in [5, 5.41) is 11.0. The highest BCUT2D eigenvalue weighted by Crippen LogP contribution is 2.27. The molecule has 7 heteroatoms. The van der Waals surface area contributed by atoms with Gasteiger partial charge in [0, 0.05) is 9.95 Å². The average molecular weight is 273 g/mol. The first kappa shape index (κ1) is 14.4. The fourth-order valence-corrected chi connectivity index (χ4v) is 1.92. The first-order chi connectivity index (χ1) is 8.47. The third kappa shape index (κ3) is 3.41. The number of halogens is 1. The summed E-state index contributed by atoms with van der Waals surface area (Å²) >= 11 is 5.96. The van der Waals surface area contributed by atoms with Gasteiger partial charge in [-0.1, -0.05) is 29.8 Å². The van der Waals surface area contributed by atoms with Crippen LogP contribution in [0.2, 0.25) is 5.02 Å². The molecule has 2 N–H and O–H groups in total. The van der Waals surface area contributed by atoms with E-state index in [4.69, 9.17) is 17.3 Å². The third-order valence-electron chi connectivity index (χ3n) is 2.56. The zero-order chi connectivity index (χ0) is 13.7. The molecular formula is C11H13ClN2O4. The Bertz CT molecular complexity index is 452. The fourth-order valence-electron chi connectivity index (χ4n) is 1.64. The molecule has 18 heavy (non-hydrogen) atoms. The molecule has 0 spiro atoms. The van der Waals surface area contributed by atoms with E-state index in [2.05, 4.69) is 4.74 Å². The Morgan fingerprint density at radius 3 is 2.67 bits per heavy atom. The van der Waals surface area contributed by atoms with E-state index in [1.165, 1.54) is 7.11 Å². The number of carbonyl (C=O) groups is 1. The fraction of sp³-hybridized carbons (Fsp3) is 0.364. The van der Waals surface area contributed by atoms with Crippen molar-refractivity contribution in [1.29, 1.82) is 0 Å². The number of hydrogen-bond donors (Lipinski definition) is 1. The second-order valence-corrected chi connectivity index (χ2v) is 4.10. The molecule has 0 saturated carbocycles. The highest BCUT2D eigenvalue weighted by Gasteiger charge is 2.32. The van der Waals surface area contributed by atoms with Crippen LogP contribution in [0.5, 0.6) is 0 Å². The van der Waals surface area contributed by atoms with E-state index in [1.807, 2.05) is 0 Å². The SMILES string of the molecule is COC(=O)[C@H](N)[C@H](C[N+](=O)[O-])c1ccccc1Cl. The molecule has 0 unspecified atom stereocenters. The number of esters is 1. The maximum Gasteiger partial charge on any atom is 0.323 e. The summed E-state index contributed by atoms with van der Waals surface area (Å²) in [4.78, 5) is 21.5. The molecule has 98 valence electrons. The Balaban J connectivity index is 3.09. The minimum atomic E-state index is -1.12. The molecule has 1 aromatic rings. The van der Waals surface area contributed by atoms with E-state index in [1.54, 1.807) is 24.3 Å². The smallest absolute Gasteiger partial charge is 0.323 e. The standard InChI is InChI=1S/C11H13ClN2O4/c1-18-11(15)10(13)8(6-14(16)17)7-4-2-3-5-9(7)12/h2-5,8,10H,6,13H2,1H3/t8-,10-/m1/s1. The summed E-state index contributed by atoms with van der Waals surface area (Å²) < 4.78 is 4.51. The van der Waals surface area contributed by atoms with Crippen molar-refractivity contribution < 1.29 is 14.5 Å². The Morgan fingerprint density at radius 1 is 1.56 bits per heavy atom. The van der Waals surface area contributed by atoms with Crippen molar-refractivity contribution in [3.05, 3.63) is 45.0 Å². The van der Waals surface area contributed by atoms with Gasteiger partial charge in [-0.2, -0.15) is 0 Å². The number of ether oxygens (including phenoxy) is 1. The van der Waals surface area contributed by atoms with Gasteiger partial charge in [0.25, 0.3) is 0 Å². The predicted molar refractivity (Wildman–Crippen MR) is 66.0 cm³/mol. The van der Waals surface area contributed by atoms with Crippen LogP contribution in [0.3, 0.4) is 0 Å². The molecular weight excluding hydrogens is 260 g/mol. The normalized spacial score (nSPS) is 13.7. The molecule has 0 radical (unpaired) electrons. The largest absolute Gasteiger partial charge is 0.468 e. The topological polar surface area (TPSA) is 95.5 Å². The quantitative estimate of drug-likeness (QED) is 0.494. The van der Waals surface area contributed by atoms with Crippen LogP contribution in [0.1, 0.15) is 11.5 Å². The summed E-state index contributed by atoms with van der Waals surface area (Å²) in [5.41, 5.74) is 6.15. The first-order valence-corrected chi connectivity index (χ1v) is 5.54. The number of rotatable bonds is 5. The first-order valence-electron chi connectivity index (χ1n) is 5.17. The lowest BCUT2D eigenvalue weighted by molar-refractivity contribution is -0.483. The summed E-state index contributed by atoms with van der Waals surface area (Å²) in [6, 6.07) is 5.45. The molecule has 1 rings (SSSR count). The van der Waals surface area contributed by atoms with Crippen molar-refractivity contribution in [3.8, 4) is 0 Å². The predicted octanol–water partition coefficient (Wildman–Crippen LogP) is 1.20. The number of hydrogen-bond acceptors (Lipinski definition) is 5. The lowest BCUT2D eigenvalue weighted by Gasteiger charge is -2.19. The van der Waals surface area contributed by atoms with Gasteiger partial charge in [-0.15, -0.1) is 0 Å². The van der Waals surface area contributed by atoms with Crippen molar-refractivity contribution in [2.45, 2.75) is 12.0 Å². The number of benzene rings is 1. The Labute approximate surface area is 109 Å². The molecule has 0 aliphatic rings. The van der Waals surface area contributed by atoms with E-state index < -0.39 is 29.4 Å². The Kier molecular flexibility index (Phi) is 5.06. The zero-order valence-electron chi connectivity index (χ0n) is 9.71. The van der Waals surface area contributed by atoms with Gasteiger partial charge in [0.15, 0.2) is 0 Å². The monoisotopic (exact) mass is 272 g/mol. The molecule has 6 nitrogen and oxygen atoms in total. The van der Waals surface area contributed by atoms with Gasteiger partial charge in [0.2, 0.25) is 6.54 Å². The maximum absolute atomic E-state index is 11.4. The summed E-state index contributed by atoms with van der Waals surface area (Å²) in [6.45, 7) is -0.486. The number of nitrogens with two attached hydrogens (primary N) is 1. The minimum Gasteiger partial charge on any atom is -0.468 e. The molecule has 1 aromatic carbocycles. The molecule has 0 aliphatic heterocycles. The number of nitro groups is 1. The van der Waals surface area contributed by atoms with E-state index in [0.717, 1.165) is 0 Å². The van der Waals surface area contributed by atoms with Crippen LogP contribution in [-0.4, -0.2) is 30.6 Å².